The molecular formula is C19H18F2N6O2. The van der Waals surface area contributed by atoms with Crippen LogP contribution in [0, 0.1) is 6.92 Å². The fraction of sp³-hybridized carbons (Fsp3) is 0.263. The second-order valence-corrected chi connectivity index (χ2v) is 6.68. The van der Waals surface area contributed by atoms with Gasteiger partial charge in [0.25, 0.3) is 6.43 Å². The zero-order valence-electron chi connectivity index (χ0n) is 15.5. The van der Waals surface area contributed by atoms with Crippen LogP contribution in [0.5, 0.6) is 0 Å². The van der Waals surface area contributed by atoms with Crippen molar-refractivity contribution < 1.29 is 18.3 Å². The predicted molar refractivity (Wildman–Crippen MR) is 101 cm³/mol. The Morgan fingerprint density at radius 1 is 1.34 bits per heavy atom. The number of nitrogens with zero attached hydrogens (tertiary/aromatic N) is 4. The van der Waals surface area contributed by atoms with E-state index in [1.54, 1.807) is 10.9 Å². The molecule has 1 aliphatic rings. The third-order valence-electron chi connectivity index (χ3n) is 4.34. The van der Waals surface area contributed by atoms with E-state index < -0.39 is 12.5 Å². The molecule has 10 heteroatoms. The third kappa shape index (κ3) is 4.48. The Hall–Kier alpha value is -3.56. The number of nitrogens with one attached hydrogen (secondary N) is 2. The maximum atomic E-state index is 12.8. The number of alkyl halides is 2. The summed E-state index contributed by atoms with van der Waals surface area (Å²) in [6.45, 7) is 2.83. The first-order valence-corrected chi connectivity index (χ1v) is 8.93. The second kappa shape index (κ2) is 7.82. The number of aromatic nitrogens is 4. The van der Waals surface area contributed by atoms with E-state index >= 15 is 0 Å². The number of amides is 1. The summed E-state index contributed by atoms with van der Waals surface area (Å²) in [6, 6.07) is 6.91. The van der Waals surface area contributed by atoms with Crippen LogP contribution in [0.25, 0.3) is 11.1 Å². The lowest BCUT2D eigenvalue weighted by molar-refractivity contribution is 0.129. The first-order valence-electron chi connectivity index (χ1n) is 8.93. The van der Waals surface area contributed by atoms with Gasteiger partial charge in [-0.2, -0.15) is 5.10 Å². The summed E-state index contributed by atoms with van der Waals surface area (Å²) < 4.78 is 32.5. The van der Waals surface area contributed by atoms with E-state index in [-0.39, 0.29) is 17.7 Å². The molecule has 2 N–H and O–H groups in total. The van der Waals surface area contributed by atoms with Gasteiger partial charge in [-0.1, -0.05) is 6.07 Å². The number of benzene rings is 1. The standard InChI is InChI=1S/C19H18F2N6O2/c1-11-4-12(13-7-24-27(9-13)10-15-8-23-19(28)29-15)6-14(5-11)25-18-22-3-2-16(26-18)17(20)21/h2-7,9,15,17H,8,10H2,1H3,(H,23,28)(H,22,25,26). The van der Waals surface area contributed by atoms with E-state index in [0.29, 0.717) is 18.8 Å². The Labute approximate surface area is 164 Å². The molecule has 0 radical (unpaired) electrons. The van der Waals surface area contributed by atoms with Crippen molar-refractivity contribution in [1.29, 1.82) is 0 Å². The molecule has 0 bridgehead atoms. The summed E-state index contributed by atoms with van der Waals surface area (Å²) in [5.41, 5.74) is 3.07. The van der Waals surface area contributed by atoms with Crippen molar-refractivity contribution in [2.75, 3.05) is 11.9 Å². The van der Waals surface area contributed by atoms with Crippen LogP contribution >= 0.6 is 0 Å². The molecule has 1 atom stereocenters. The highest BCUT2D eigenvalue weighted by molar-refractivity contribution is 5.70. The van der Waals surface area contributed by atoms with Crippen molar-refractivity contribution >= 4 is 17.7 Å². The number of alkyl carbamates (subject to hydrolysis) is 1. The molecule has 0 aliphatic carbocycles. The number of ether oxygens (including phenoxy) is 1. The van der Waals surface area contributed by atoms with Crippen LogP contribution < -0.4 is 10.6 Å². The van der Waals surface area contributed by atoms with E-state index in [1.807, 2.05) is 31.3 Å². The zero-order chi connectivity index (χ0) is 20.4. The number of cyclic esters (lactones) is 1. The monoisotopic (exact) mass is 400 g/mol. The Morgan fingerprint density at radius 3 is 2.97 bits per heavy atom. The third-order valence-corrected chi connectivity index (χ3v) is 4.34. The van der Waals surface area contributed by atoms with E-state index in [4.69, 9.17) is 4.74 Å². The Balaban J connectivity index is 1.53. The van der Waals surface area contributed by atoms with Crippen LogP contribution in [0.1, 0.15) is 17.7 Å². The Kier molecular flexibility index (Phi) is 5.07. The number of carbonyl (C=O) groups excluding carboxylic acids is 1. The summed E-state index contributed by atoms with van der Waals surface area (Å²) in [6.07, 6.45) is 1.53. The summed E-state index contributed by atoms with van der Waals surface area (Å²) in [4.78, 5) is 19.0. The molecular weight excluding hydrogens is 382 g/mol. The molecule has 1 amide bonds. The first-order chi connectivity index (χ1) is 14.0. The van der Waals surface area contributed by atoms with E-state index in [0.717, 1.165) is 16.7 Å². The fourth-order valence-electron chi connectivity index (χ4n) is 3.06. The summed E-state index contributed by atoms with van der Waals surface area (Å²) in [5, 5.41) is 9.90. The van der Waals surface area contributed by atoms with Crippen LogP contribution in [-0.4, -0.2) is 38.5 Å². The van der Waals surface area contributed by atoms with Gasteiger partial charge < -0.3 is 15.4 Å². The minimum absolute atomic E-state index is 0.102. The summed E-state index contributed by atoms with van der Waals surface area (Å²) in [7, 11) is 0. The van der Waals surface area contributed by atoms with Crippen molar-refractivity contribution in [2.24, 2.45) is 0 Å². The van der Waals surface area contributed by atoms with Gasteiger partial charge in [-0.3, -0.25) is 4.68 Å². The minimum atomic E-state index is -2.66. The quantitative estimate of drug-likeness (QED) is 0.658. The SMILES string of the molecule is Cc1cc(Nc2nccc(C(F)F)n2)cc(-c2cnn(CC3CNC(=O)O3)c2)c1. The number of aryl methyl sites for hydroxylation is 1. The number of rotatable bonds is 6. The lowest BCUT2D eigenvalue weighted by Crippen LogP contribution is -2.20. The highest BCUT2D eigenvalue weighted by Gasteiger charge is 2.23. The molecule has 0 saturated carbocycles. The molecule has 4 rings (SSSR count). The fourth-order valence-corrected chi connectivity index (χ4v) is 3.06. The van der Waals surface area contributed by atoms with Crippen molar-refractivity contribution in [2.45, 2.75) is 26.0 Å². The molecule has 2 aromatic heterocycles. The Morgan fingerprint density at radius 2 is 2.21 bits per heavy atom. The molecule has 3 aromatic rings. The Bertz CT molecular complexity index is 1040. The molecule has 8 nitrogen and oxygen atoms in total. The van der Waals surface area contributed by atoms with E-state index in [1.165, 1.54) is 12.3 Å². The number of hydrogen-bond acceptors (Lipinski definition) is 6. The maximum Gasteiger partial charge on any atom is 0.407 e. The molecule has 3 heterocycles. The molecule has 1 unspecified atom stereocenters. The van der Waals surface area contributed by atoms with Crippen LogP contribution in [0.4, 0.5) is 25.2 Å². The zero-order valence-corrected chi connectivity index (χ0v) is 15.5. The van der Waals surface area contributed by atoms with Crippen LogP contribution in [0.15, 0.2) is 42.9 Å². The van der Waals surface area contributed by atoms with E-state index in [9.17, 15) is 13.6 Å². The lowest BCUT2D eigenvalue weighted by atomic mass is 10.1. The van der Waals surface area contributed by atoms with Crippen molar-refractivity contribution in [3.63, 3.8) is 0 Å². The number of hydrogen-bond donors (Lipinski definition) is 2. The maximum absolute atomic E-state index is 12.8. The smallest absolute Gasteiger partial charge is 0.407 e. The number of anilines is 2. The molecule has 1 aromatic carbocycles. The van der Waals surface area contributed by atoms with Crippen LogP contribution in [0.3, 0.4) is 0 Å². The molecule has 1 saturated heterocycles. The van der Waals surface area contributed by atoms with Gasteiger partial charge in [0.05, 0.1) is 19.3 Å². The lowest BCUT2D eigenvalue weighted by Gasteiger charge is -2.09. The number of halogens is 2. The van der Waals surface area contributed by atoms with Crippen LogP contribution in [-0.2, 0) is 11.3 Å². The molecule has 29 heavy (non-hydrogen) atoms. The normalized spacial score (nSPS) is 16.0. The summed E-state index contributed by atoms with van der Waals surface area (Å²) >= 11 is 0. The van der Waals surface area contributed by atoms with Crippen LogP contribution in [0.2, 0.25) is 0 Å². The van der Waals surface area contributed by atoms with Gasteiger partial charge >= 0.3 is 6.09 Å². The van der Waals surface area contributed by atoms with Gasteiger partial charge in [-0.25, -0.2) is 23.5 Å². The van der Waals surface area contributed by atoms with Gasteiger partial charge in [-0.05, 0) is 36.2 Å². The van der Waals surface area contributed by atoms with Gasteiger partial charge in [0.15, 0.2) is 0 Å². The number of carbonyl (C=O) groups is 1. The van der Waals surface area contributed by atoms with Crippen molar-refractivity contribution in [3.05, 3.63) is 54.1 Å². The van der Waals surface area contributed by atoms with Gasteiger partial charge in [0.1, 0.15) is 11.8 Å². The molecule has 0 spiro atoms. The molecule has 1 fully saturated rings. The average Bonchev–Trinajstić information content (AvgIpc) is 3.31. The van der Waals surface area contributed by atoms with Gasteiger partial charge in [-0.15, -0.1) is 0 Å². The topological polar surface area (TPSA) is 94.0 Å². The largest absolute Gasteiger partial charge is 0.442 e. The highest BCUT2D eigenvalue weighted by atomic mass is 19.3. The first kappa shape index (κ1) is 18.8. The molecule has 1 aliphatic heterocycles. The minimum Gasteiger partial charge on any atom is -0.442 e. The van der Waals surface area contributed by atoms with Gasteiger partial charge in [0.2, 0.25) is 5.95 Å². The summed E-state index contributed by atoms with van der Waals surface area (Å²) in [5.74, 6) is 0.102. The predicted octanol–water partition coefficient (Wildman–Crippen LogP) is 3.44. The average molecular weight is 400 g/mol. The highest BCUT2D eigenvalue weighted by Crippen LogP contribution is 2.26. The second-order valence-electron chi connectivity index (χ2n) is 6.68. The van der Waals surface area contributed by atoms with E-state index in [2.05, 4.69) is 25.7 Å². The van der Waals surface area contributed by atoms with Gasteiger partial charge in [0, 0.05) is 23.6 Å². The van der Waals surface area contributed by atoms with Crippen molar-refractivity contribution in [1.82, 2.24) is 25.1 Å². The van der Waals surface area contributed by atoms with Crippen molar-refractivity contribution in [3.8, 4) is 11.1 Å². The molecule has 150 valence electrons.